The van der Waals surface area contributed by atoms with E-state index in [1.165, 1.54) is 0 Å². The molecule has 3 heterocycles. The van der Waals surface area contributed by atoms with Crippen molar-refractivity contribution in [2.24, 2.45) is 7.05 Å². The Morgan fingerprint density at radius 3 is 2.66 bits per heavy atom. The van der Waals surface area contributed by atoms with Gasteiger partial charge in [-0.3, -0.25) is 9.78 Å². The van der Waals surface area contributed by atoms with Crippen LogP contribution in [0.5, 0.6) is 0 Å². The first-order valence-corrected chi connectivity index (χ1v) is 10.3. The zero-order chi connectivity index (χ0) is 21.9. The van der Waals surface area contributed by atoms with Crippen LogP contribution in [0.3, 0.4) is 0 Å². The van der Waals surface area contributed by atoms with E-state index in [4.69, 9.17) is 4.52 Å². The highest BCUT2D eigenvalue weighted by Gasteiger charge is 2.14. The fraction of sp³-hybridized carbons (Fsp3) is 0.120. The molecule has 0 saturated heterocycles. The van der Waals surface area contributed by atoms with Crippen LogP contribution in [0.1, 0.15) is 17.0 Å². The molecule has 158 valence electrons. The van der Waals surface area contributed by atoms with Crippen LogP contribution >= 0.6 is 0 Å². The molecule has 0 aliphatic carbocycles. The number of carbonyl (C=O) groups excluding carboxylic acids is 1. The van der Waals surface area contributed by atoms with Crippen molar-refractivity contribution >= 4 is 22.5 Å². The molecule has 0 spiro atoms. The second kappa shape index (κ2) is 8.47. The Bertz CT molecular complexity index is 1390. The zero-order valence-electron chi connectivity index (χ0n) is 17.5. The van der Waals surface area contributed by atoms with E-state index in [0.717, 1.165) is 33.3 Å². The molecule has 0 fully saturated rings. The second-order valence-electron chi connectivity index (χ2n) is 7.59. The van der Waals surface area contributed by atoms with Crippen LogP contribution in [0.25, 0.3) is 22.3 Å². The van der Waals surface area contributed by atoms with Gasteiger partial charge in [-0.05, 0) is 35.4 Å². The van der Waals surface area contributed by atoms with Gasteiger partial charge < -0.3 is 14.4 Å². The summed E-state index contributed by atoms with van der Waals surface area (Å²) in [4.78, 5) is 21.3. The smallest absolute Gasteiger partial charge is 0.231 e. The van der Waals surface area contributed by atoms with E-state index in [1.54, 1.807) is 12.4 Å². The highest BCUT2D eigenvalue weighted by Crippen LogP contribution is 2.23. The van der Waals surface area contributed by atoms with E-state index in [9.17, 15) is 4.79 Å². The minimum atomic E-state index is -0.0724. The molecule has 0 aliphatic rings. The monoisotopic (exact) mass is 423 g/mol. The Morgan fingerprint density at radius 2 is 1.78 bits per heavy atom. The van der Waals surface area contributed by atoms with Crippen molar-refractivity contribution in [3.05, 3.63) is 96.3 Å². The number of hydrogen-bond donors (Lipinski definition) is 1. The number of carbonyl (C=O) groups is 1. The van der Waals surface area contributed by atoms with Gasteiger partial charge in [-0.1, -0.05) is 41.6 Å². The summed E-state index contributed by atoms with van der Waals surface area (Å²) in [6, 6.07) is 19.4. The Balaban J connectivity index is 1.32. The molecule has 7 nitrogen and oxygen atoms in total. The largest absolute Gasteiger partial charge is 0.350 e. The summed E-state index contributed by atoms with van der Waals surface area (Å²) in [5.41, 5.74) is 4.59. The first-order valence-electron chi connectivity index (χ1n) is 10.3. The van der Waals surface area contributed by atoms with Crippen LogP contribution in [0.2, 0.25) is 0 Å². The number of pyridine rings is 1. The lowest BCUT2D eigenvalue weighted by Gasteiger charge is -2.09. The first-order chi connectivity index (χ1) is 15.7. The molecule has 2 aromatic carbocycles. The van der Waals surface area contributed by atoms with Crippen LogP contribution in [0.15, 0.2) is 83.8 Å². The molecule has 7 heteroatoms. The minimum Gasteiger partial charge on any atom is -0.350 e. The van der Waals surface area contributed by atoms with E-state index < -0.39 is 0 Å². The van der Waals surface area contributed by atoms with Crippen molar-refractivity contribution in [2.45, 2.75) is 12.8 Å². The normalized spacial score (nSPS) is 11.0. The van der Waals surface area contributed by atoms with E-state index >= 15 is 0 Å². The summed E-state index contributed by atoms with van der Waals surface area (Å²) in [7, 11) is 1.99. The molecule has 5 rings (SSSR count). The summed E-state index contributed by atoms with van der Waals surface area (Å²) in [6.07, 6.45) is 6.10. The van der Waals surface area contributed by atoms with Gasteiger partial charge in [0.15, 0.2) is 0 Å². The molecule has 0 unspecified atom stereocenters. The Labute approximate surface area is 184 Å². The number of rotatable bonds is 6. The standard InChI is InChI=1S/C25H21N5O2/c1-30-16-19(20-7-3-5-9-22(20)30)14-23(31)27-21-8-4-2-6-18(21)15-24-28-25(29-32-24)17-10-12-26-13-11-17/h2-13,16H,14-15H2,1H3,(H,27,31). The van der Waals surface area contributed by atoms with Crippen molar-refractivity contribution in [3.63, 3.8) is 0 Å². The number of nitrogens with zero attached hydrogens (tertiary/aromatic N) is 4. The van der Waals surface area contributed by atoms with Gasteiger partial charge in [0, 0.05) is 47.8 Å². The van der Waals surface area contributed by atoms with E-state index in [-0.39, 0.29) is 5.91 Å². The highest BCUT2D eigenvalue weighted by atomic mass is 16.5. The Kier molecular flexibility index (Phi) is 5.21. The lowest BCUT2D eigenvalue weighted by molar-refractivity contribution is -0.115. The van der Waals surface area contributed by atoms with Gasteiger partial charge in [0.05, 0.1) is 12.8 Å². The Morgan fingerprint density at radius 1 is 1.00 bits per heavy atom. The highest BCUT2D eigenvalue weighted by molar-refractivity contribution is 5.96. The number of anilines is 1. The molecule has 0 radical (unpaired) electrons. The molecular weight excluding hydrogens is 402 g/mol. The molecule has 0 saturated carbocycles. The van der Waals surface area contributed by atoms with Crippen molar-refractivity contribution < 1.29 is 9.32 Å². The number of benzene rings is 2. The van der Waals surface area contributed by atoms with Crippen LogP contribution in [0, 0.1) is 0 Å². The molecular formula is C25H21N5O2. The lowest BCUT2D eigenvalue weighted by Crippen LogP contribution is -2.15. The number of hydrogen-bond acceptors (Lipinski definition) is 5. The fourth-order valence-electron chi connectivity index (χ4n) is 3.84. The third-order valence-electron chi connectivity index (χ3n) is 5.37. The zero-order valence-corrected chi connectivity index (χ0v) is 17.5. The second-order valence-corrected chi connectivity index (χ2v) is 7.59. The summed E-state index contributed by atoms with van der Waals surface area (Å²) in [5, 5.41) is 8.19. The number of aryl methyl sites for hydroxylation is 1. The van der Waals surface area contributed by atoms with Gasteiger partial charge in [0.1, 0.15) is 0 Å². The number of para-hydroxylation sites is 2. The van der Waals surface area contributed by atoms with Gasteiger partial charge in [-0.15, -0.1) is 0 Å². The maximum Gasteiger partial charge on any atom is 0.231 e. The molecule has 32 heavy (non-hydrogen) atoms. The summed E-state index contributed by atoms with van der Waals surface area (Å²) >= 11 is 0. The molecule has 0 atom stereocenters. The number of aromatic nitrogens is 4. The van der Waals surface area contributed by atoms with Gasteiger partial charge in [0.25, 0.3) is 0 Å². The molecule has 0 bridgehead atoms. The summed E-state index contributed by atoms with van der Waals surface area (Å²) < 4.78 is 7.48. The average molecular weight is 423 g/mol. The number of fused-ring (bicyclic) bond motifs is 1. The molecule has 0 aliphatic heterocycles. The maximum absolute atomic E-state index is 12.9. The van der Waals surface area contributed by atoms with Crippen LogP contribution in [-0.4, -0.2) is 25.6 Å². The van der Waals surface area contributed by atoms with Crippen LogP contribution in [0.4, 0.5) is 5.69 Å². The van der Waals surface area contributed by atoms with E-state index in [2.05, 4.69) is 26.5 Å². The van der Waals surface area contributed by atoms with Gasteiger partial charge in [-0.25, -0.2) is 0 Å². The fourth-order valence-corrected chi connectivity index (χ4v) is 3.84. The quantitative estimate of drug-likeness (QED) is 0.438. The summed E-state index contributed by atoms with van der Waals surface area (Å²) in [6.45, 7) is 0. The molecule has 5 aromatic rings. The van der Waals surface area contributed by atoms with Crippen LogP contribution < -0.4 is 5.32 Å². The third kappa shape index (κ3) is 4.00. The van der Waals surface area contributed by atoms with Crippen molar-refractivity contribution in [1.29, 1.82) is 0 Å². The third-order valence-corrected chi connectivity index (χ3v) is 5.37. The number of amides is 1. The minimum absolute atomic E-state index is 0.0724. The average Bonchev–Trinajstić information content (AvgIpc) is 3.41. The summed E-state index contributed by atoms with van der Waals surface area (Å²) in [5.74, 6) is 0.921. The SMILES string of the molecule is Cn1cc(CC(=O)Nc2ccccc2Cc2nc(-c3ccncc3)no2)c2ccccc21. The van der Waals surface area contributed by atoms with Gasteiger partial charge >= 0.3 is 0 Å². The van der Waals surface area contributed by atoms with E-state index in [1.807, 2.05) is 72.4 Å². The predicted octanol–water partition coefficient (Wildman–Crippen LogP) is 4.40. The van der Waals surface area contributed by atoms with Crippen molar-refractivity contribution in [2.75, 3.05) is 5.32 Å². The van der Waals surface area contributed by atoms with E-state index in [0.29, 0.717) is 24.6 Å². The maximum atomic E-state index is 12.9. The van der Waals surface area contributed by atoms with Gasteiger partial charge in [0.2, 0.25) is 17.6 Å². The molecule has 1 amide bonds. The topological polar surface area (TPSA) is 85.8 Å². The lowest BCUT2D eigenvalue weighted by atomic mass is 10.1. The molecule has 1 N–H and O–H groups in total. The predicted molar refractivity (Wildman–Crippen MR) is 122 cm³/mol. The van der Waals surface area contributed by atoms with Crippen LogP contribution in [-0.2, 0) is 24.7 Å². The van der Waals surface area contributed by atoms with Crippen molar-refractivity contribution in [3.8, 4) is 11.4 Å². The van der Waals surface area contributed by atoms with Gasteiger partial charge in [-0.2, -0.15) is 4.98 Å². The number of nitrogens with one attached hydrogen (secondary N) is 1. The Hall–Kier alpha value is -4.26. The van der Waals surface area contributed by atoms with Crippen molar-refractivity contribution in [1.82, 2.24) is 19.7 Å². The first kappa shape index (κ1) is 19.7. The molecule has 3 aromatic heterocycles.